The van der Waals surface area contributed by atoms with Gasteiger partial charge in [0, 0.05) is 18.7 Å². The summed E-state index contributed by atoms with van der Waals surface area (Å²) in [6.45, 7) is 4.23. The number of hydrogen-bond donors (Lipinski definition) is 1. The number of likely N-dealkylation sites (tertiary alicyclic amines) is 1. The van der Waals surface area contributed by atoms with Gasteiger partial charge in [0.05, 0.1) is 23.8 Å². The Morgan fingerprint density at radius 3 is 2.29 bits per heavy atom. The van der Waals surface area contributed by atoms with Crippen molar-refractivity contribution in [2.75, 3.05) is 25.0 Å². The Bertz CT molecular complexity index is 1050. The second kappa shape index (κ2) is 11.2. The molecule has 2 aromatic carbocycles. The third kappa shape index (κ3) is 6.74. The molecule has 3 rings (SSSR count). The Kier molecular flexibility index (Phi) is 8.37. The molecule has 1 fully saturated rings. The molecule has 0 saturated carbocycles. The summed E-state index contributed by atoms with van der Waals surface area (Å²) in [5, 5.41) is 2.69. The molecule has 35 heavy (non-hydrogen) atoms. The number of alkyl halides is 3. The molecule has 1 N–H and O–H groups in total. The van der Waals surface area contributed by atoms with Crippen LogP contribution in [0.25, 0.3) is 0 Å². The topological polar surface area (TPSA) is 84.9 Å². The van der Waals surface area contributed by atoms with Crippen LogP contribution in [0.1, 0.15) is 42.6 Å². The molecule has 2 aromatic rings. The second-order valence-electron chi connectivity index (χ2n) is 8.14. The van der Waals surface area contributed by atoms with E-state index in [0.717, 1.165) is 24.3 Å². The minimum Gasteiger partial charge on any atom is -0.492 e. The maximum absolute atomic E-state index is 12.7. The van der Waals surface area contributed by atoms with E-state index in [1.165, 1.54) is 11.8 Å². The number of hydrogen-bond acceptors (Lipinski definition) is 5. The Morgan fingerprint density at radius 1 is 1.06 bits per heavy atom. The molecular formula is C25H27F3N2O5. The van der Waals surface area contributed by atoms with E-state index in [2.05, 4.69) is 5.32 Å². The van der Waals surface area contributed by atoms with E-state index in [1.807, 2.05) is 6.92 Å². The molecule has 2 amide bonds. The molecule has 1 atom stereocenters. The molecule has 0 aromatic heterocycles. The van der Waals surface area contributed by atoms with Gasteiger partial charge in [0.2, 0.25) is 0 Å². The average Bonchev–Trinajstić information content (AvgIpc) is 2.84. The highest BCUT2D eigenvalue weighted by Gasteiger charge is 2.32. The number of amides is 2. The smallest absolute Gasteiger partial charge is 0.416 e. The SMILES string of the molecule is CCOc1ccccc1NC(=O)C(C)OC(=O)C1CCN(C(=O)c2ccc(C(F)(F)F)cc2)CC1. The van der Waals surface area contributed by atoms with Gasteiger partial charge in [-0.2, -0.15) is 13.2 Å². The van der Waals surface area contributed by atoms with Crippen molar-refractivity contribution in [3.63, 3.8) is 0 Å². The number of carbonyl (C=O) groups excluding carboxylic acids is 3. The zero-order valence-electron chi connectivity index (χ0n) is 19.4. The Morgan fingerprint density at radius 2 is 1.69 bits per heavy atom. The quantitative estimate of drug-likeness (QED) is 0.575. The van der Waals surface area contributed by atoms with E-state index in [0.29, 0.717) is 30.9 Å². The summed E-state index contributed by atoms with van der Waals surface area (Å²) in [6.07, 6.45) is -4.86. The first-order chi connectivity index (χ1) is 16.6. The average molecular weight is 492 g/mol. The van der Waals surface area contributed by atoms with Gasteiger partial charge >= 0.3 is 12.1 Å². The first kappa shape index (κ1) is 26.1. The molecule has 1 unspecified atom stereocenters. The van der Waals surface area contributed by atoms with Gasteiger partial charge in [0.1, 0.15) is 5.75 Å². The molecule has 0 spiro atoms. The lowest BCUT2D eigenvalue weighted by molar-refractivity contribution is -0.158. The third-order valence-corrected chi connectivity index (χ3v) is 5.68. The van der Waals surface area contributed by atoms with E-state index >= 15 is 0 Å². The number of carbonyl (C=O) groups is 3. The zero-order chi connectivity index (χ0) is 25.6. The maximum atomic E-state index is 12.7. The molecule has 10 heteroatoms. The number of ether oxygens (including phenoxy) is 2. The minimum absolute atomic E-state index is 0.150. The molecule has 1 aliphatic rings. The number of nitrogens with one attached hydrogen (secondary N) is 1. The number of rotatable bonds is 7. The van der Waals surface area contributed by atoms with Crippen LogP contribution in [-0.4, -0.2) is 48.5 Å². The summed E-state index contributed by atoms with van der Waals surface area (Å²) < 4.78 is 49.0. The van der Waals surface area contributed by atoms with Crippen LogP contribution in [0.15, 0.2) is 48.5 Å². The fourth-order valence-corrected chi connectivity index (χ4v) is 3.71. The number of para-hydroxylation sites is 2. The number of nitrogens with zero attached hydrogens (tertiary/aromatic N) is 1. The molecule has 1 heterocycles. The second-order valence-corrected chi connectivity index (χ2v) is 8.14. The predicted molar refractivity (Wildman–Crippen MR) is 122 cm³/mol. The molecule has 188 valence electrons. The minimum atomic E-state index is -4.47. The first-order valence-corrected chi connectivity index (χ1v) is 11.3. The highest BCUT2D eigenvalue weighted by molar-refractivity contribution is 5.96. The normalized spacial score (nSPS) is 15.3. The lowest BCUT2D eigenvalue weighted by Crippen LogP contribution is -2.41. The number of esters is 1. The summed E-state index contributed by atoms with van der Waals surface area (Å²) in [5.74, 6) is -1.41. The Labute approximate surface area is 201 Å². The summed E-state index contributed by atoms with van der Waals surface area (Å²) in [4.78, 5) is 39.2. The monoisotopic (exact) mass is 492 g/mol. The van der Waals surface area contributed by atoms with Crippen LogP contribution in [0.2, 0.25) is 0 Å². The van der Waals surface area contributed by atoms with Crippen molar-refractivity contribution in [3.8, 4) is 5.75 Å². The lowest BCUT2D eigenvalue weighted by atomic mass is 9.96. The summed E-state index contributed by atoms with van der Waals surface area (Å²) in [5.41, 5.74) is -0.205. The van der Waals surface area contributed by atoms with Crippen LogP contribution in [0.4, 0.5) is 18.9 Å². The van der Waals surface area contributed by atoms with Gasteiger partial charge in [0.15, 0.2) is 6.10 Å². The molecule has 1 aliphatic heterocycles. The van der Waals surface area contributed by atoms with Crippen LogP contribution in [0.3, 0.4) is 0 Å². The van der Waals surface area contributed by atoms with Crippen molar-refractivity contribution in [2.24, 2.45) is 5.92 Å². The van der Waals surface area contributed by atoms with Gasteiger partial charge in [0.25, 0.3) is 11.8 Å². The van der Waals surface area contributed by atoms with Crippen LogP contribution in [-0.2, 0) is 20.5 Å². The van der Waals surface area contributed by atoms with Gasteiger partial charge in [-0.05, 0) is 63.1 Å². The van der Waals surface area contributed by atoms with Gasteiger partial charge in [-0.15, -0.1) is 0 Å². The number of halogens is 3. The molecule has 0 radical (unpaired) electrons. The molecule has 0 aliphatic carbocycles. The fourth-order valence-electron chi connectivity index (χ4n) is 3.71. The molecule has 7 nitrogen and oxygen atoms in total. The summed E-state index contributed by atoms with van der Waals surface area (Å²) >= 11 is 0. The van der Waals surface area contributed by atoms with Gasteiger partial charge < -0.3 is 19.7 Å². The molecule has 1 saturated heterocycles. The highest BCUT2D eigenvalue weighted by atomic mass is 19.4. The maximum Gasteiger partial charge on any atom is 0.416 e. The largest absolute Gasteiger partial charge is 0.492 e. The lowest BCUT2D eigenvalue weighted by Gasteiger charge is -2.31. The van der Waals surface area contributed by atoms with Crippen molar-refractivity contribution >= 4 is 23.5 Å². The zero-order valence-corrected chi connectivity index (χ0v) is 19.4. The van der Waals surface area contributed by atoms with E-state index in [1.54, 1.807) is 24.3 Å². The van der Waals surface area contributed by atoms with Crippen molar-refractivity contribution in [3.05, 3.63) is 59.7 Å². The van der Waals surface area contributed by atoms with E-state index in [9.17, 15) is 27.6 Å². The van der Waals surface area contributed by atoms with E-state index in [-0.39, 0.29) is 18.7 Å². The highest BCUT2D eigenvalue weighted by Crippen LogP contribution is 2.30. The molecule has 0 bridgehead atoms. The number of piperidine rings is 1. The fraction of sp³-hybridized carbons (Fsp3) is 0.400. The standard InChI is InChI=1S/C25H27F3N2O5/c1-3-34-21-7-5-4-6-20(21)29-22(31)16(2)35-24(33)18-12-14-30(15-13-18)23(32)17-8-10-19(11-9-17)25(26,27)28/h4-11,16,18H,3,12-15H2,1-2H3,(H,29,31). The van der Waals surface area contributed by atoms with Crippen LogP contribution >= 0.6 is 0 Å². The Balaban J connectivity index is 1.50. The predicted octanol–water partition coefficient (Wildman–Crippen LogP) is 4.53. The summed E-state index contributed by atoms with van der Waals surface area (Å²) in [7, 11) is 0. The number of anilines is 1. The van der Waals surface area contributed by atoms with Crippen LogP contribution in [0.5, 0.6) is 5.75 Å². The van der Waals surface area contributed by atoms with Crippen molar-refractivity contribution < 1.29 is 37.0 Å². The van der Waals surface area contributed by atoms with Crippen molar-refractivity contribution in [1.29, 1.82) is 0 Å². The summed E-state index contributed by atoms with van der Waals surface area (Å²) in [6, 6.07) is 11.0. The van der Waals surface area contributed by atoms with Crippen LogP contribution < -0.4 is 10.1 Å². The van der Waals surface area contributed by atoms with Gasteiger partial charge in [-0.3, -0.25) is 14.4 Å². The van der Waals surface area contributed by atoms with Gasteiger partial charge in [-0.1, -0.05) is 12.1 Å². The number of benzene rings is 2. The van der Waals surface area contributed by atoms with E-state index < -0.39 is 41.5 Å². The van der Waals surface area contributed by atoms with Crippen LogP contribution in [0, 0.1) is 5.92 Å². The first-order valence-electron chi connectivity index (χ1n) is 11.3. The third-order valence-electron chi connectivity index (χ3n) is 5.68. The molecular weight excluding hydrogens is 465 g/mol. The van der Waals surface area contributed by atoms with Crippen molar-refractivity contribution in [1.82, 2.24) is 4.90 Å². The van der Waals surface area contributed by atoms with E-state index in [4.69, 9.17) is 9.47 Å². The Hall–Kier alpha value is -3.56. The van der Waals surface area contributed by atoms with Crippen molar-refractivity contribution in [2.45, 2.75) is 39.0 Å². The van der Waals surface area contributed by atoms with Gasteiger partial charge in [-0.25, -0.2) is 0 Å².